The smallest absolute Gasteiger partial charge is 0.160 e. The highest BCUT2D eigenvalue weighted by atomic mass is 15.1. The summed E-state index contributed by atoms with van der Waals surface area (Å²) in [6.07, 6.45) is 0. The van der Waals surface area contributed by atoms with E-state index in [1.54, 1.807) is 0 Å². The molecule has 7 aromatic carbocycles. The molecule has 0 radical (unpaired) electrons. The molecule has 0 unspecified atom stereocenters. The minimum Gasteiger partial charge on any atom is -0.292 e. The van der Waals surface area contributed by atoms with E-state index in [0.29, 0.717) is 5.82 Å². The van der Waals surface area contributed by atoms with Crippen LogP contribution in [0.25, 0.3) is 89.8 Å². The second kappa shape index (κ2) is 12.3. The van der Waals surface area contributed by atoms with Crippen LogP contribution in [0.15, 0.2) is 182 Å². The van der Waals surface area contributed by atoms with Gasteiger partial charge in [-0.05, 0) is 60.7 Å². The Balaban J connectivity index is 1.14. The normalized spacial score (nSPS) is 11.5. The lowest BCUT2D eigenvalue weighted by molar-refractivity contribution is 1.10. The van der Waals surface area contributed by atoms with Gasteiger partial charge in [0, 0.05) is 39.0 Å². The van der Waals surface area contributed by atoms with Crippen LogP contribution in [0.3, 0.4) is 0 Å². The fourth-order valence-corrected chi connectivity index (χ4v) is 7.11. The number of aromatic nitrogens is 6. The van der Waals surface area contributed by atoms with Crippen LogP contribution in [0, 0.1) is 0 Å². The van der Waals surface area contributed by atoms with Crippen LogP contribution < -0.4 is 0 Å². The maximum atomic E-state index is 5.27. The fourth-order valence-electron chi connectivity index (χ4n) is 7.11. The van der Waals surface area contributed by atoms with Gasteiger partial charge in [0.25, 0.3) is 0 Å². The standard InChI is InChI=1S/C46H30N6/c1-5-15-31(16-6-1)45-48-39-29-33(25-27-41(39)51(45)35-19-9-3-10-20-35)43-37-23-13-14-24-38(37)47-44(50-43)34-26-28-42-40(30-34)49-46(32-17-7-2-8-18-32)52(42)36-21-11-4-12-22-36/h1-30H. The first-order valence-corrected chi connectivity index (χ1v) is 17.3. The van der Waals surface area contributed by atoms with Crippen molar-refractivity contribution in [2.45, 2.75) is 0 Å². The molecule has 0 bridgehead atoms. The lowest BCUT2D eigenvalue weighted by Gasteiger charge is -2.11. The van der Waals surface area contributed by atoms with Crippen molar-refractivity contribution in [2.24, 2.45) is 0 Å². The summed E-state index contributed by atoms with van der Waals surface area (Å²) in [5, 5.41) is 0.983. The third-order valence-corrected chi connectivity index (χ3v) is 9.54. The molecule has 0 fully saturated rings. The number of nitrogens with zero attached hydrogens (tertiary/aromatic N) is 6. The van der Waals surface area contributed by atoms with Gasteiger partial charge in [0.2, 0.25) is 0 Å². The molecule has 10 rings (SSSR count). The zero-order valence-electron chi connectivity index (χ0n) is 28.0. The van der Waals surface area contributed by atoms with Gasteiger partial charge in [-0.2, -0.15) is 0 Å². The van der Waals surface area contributed by atoms with Gasteiger partial charge < -0.3 is 0 Å². The van der Waals surface area contributed by atoms with E-state index in [-0.39, 0.29) is 0 Å². The molecule has 0 N–H and O–H groups in total. The second-order valence-electron chi connectivity index (χ2n) is 12.8. The van der Waals surface area contributed by atoms with Crippen LogP contribution in [0.2, 0.25) is 0 Å². The van der Waals surface area contributed by atoms with E-state index in [1.165, 1.54) is 0 Å². The maximum absolute atomic E-state index is 5.27. The van der Waals surface area contributed by atoms with Crippen LogP contribution >= 0.6 is 0 Å². The number of para-hydroxylation sites is 3. The van der Waals surface area contributed by atoms with E-state index in [0.717, 1.165) is 83.9 Å². The van der Waals surface area contributed by atoms with Gasteiger partial charge in [-0.3, -0.25) is 9.13 Å². The minimum absolute atomic E-state index is 0.644. The predicted octanol–water partition coefficient (Wildman–Crippen LogP) is 11.0. The first kappa shape index (κ1) is 29.7. The van der Waals surface area contributed by atoms with Crippen molar-refractivity contribution in [3.8, 4) is 56.8 Å². The fraction of sp³-hybridized carbons (Fsp3) is 0. The molecule has 0 amide bonds. The Labute approximate surface area is 300 Å². The summed E-state index contributed by atoms with van der Waals surface area (Å²) in [7, 11) is 0. The van der Waals surface area contributed by atoms with Crippen molar-refractivity contribution in [3.63, 3.8) is 0 Å². The number of hydrogen-bond acceptors (Lipinski definition) is 4. The average Bonchev–Trinajstić information content (AvgIpc) is 3.80. The highest BCUT2D eigenvalue weighted by Crippen LogP contribution is 2.36. The molecule has 52 heavy (non-hydrogen) atoms. The summed E-state index contributed by atoms with van der Waals surface area (Å²) in [6.45, 7) is 0. The minimum atomic E-state index is 0.644. The third kappa shape index (κ3) is 5.05. The first-order valence-electron chi connectivity index (χ1n) is 17.3. The Morgan fingerprint density at radius 2 is 0.788 bits per heavy atom. The Bertz CT molecular complexity index is 2880. The van der Waals surface area contributed by atoms with Crippen LogP contribution in [0.4, 0.5) is 0 Å². The average molecular weight is 667 g/mol. The molecule has 3 heterocycles. The zero-order valence-corrected chi connectivity index (χ0v) is 28.0. The molecule has 0 aliphatic rings. The van der Waals surface area contributed by atoms with Crippen molar-refractivity contribution in [1.82, 2.24) is 29.1 Å². The van der Waals surface area contributed by atoms with Crippen LogP contribution in [0.5, 0.6) is 0 Å². The summed E-state index contributed by atoms with van der Waals surface area (Å²) in [5.41, 5.74) is 11.7. The lowest BCUT2D eigenvalue weighted by Crippen LogP contribution is -1.98. The van der Waals surface area contributed by atoms with Crippen LogP contribution in [0.1, 0.15) is 0 Å². The summed E-state index contributed by atoms with van der Waals surface area (Å²) in [4.78, 5) is 20.7. The largest absolute Gasteiger partial charge is 0.292 e. The molecular weight excluding hydrogens is 637 g/mol. The number of benzene rings is 7. The van der Waals surface area contributed by atoms with Gasteiger partial charge in [0.1, 0.15) is 11.6 Å². The molecule has 0 aliphatic heterocycles. The molecular formula is C46H30N6. The second-order valence-corrected chi connectivity index (χ2v) is 12.8. The summed E-state index contributed by atoms with van der Waals surface area (Å²) >= 11 is 0. The third-order valence-electron chi connectivity index (χ3n) is 9.54. The van der Waals surface area contributed by atoms with Crippen molar-refractivity contribution < 1.29 is 0 Å². The molecule has 10 aromatic rings. The zero-order chi connectivity index (χ0) is 34.4. The van der Waals surface area contributed by atoms with E-state index in [4.69, 9.17) is 19.9 Å². The molecule has 0 atom stereocenters. The summed E-state index contributed by atoms with van der Waals surface area (Å²) in [5.74, 6) is 2.42. The monoisotopic (exact) mass is 666 g/mol. The van der Waals surface area contributed by atoms with Crippen molar-refractivity contribution in [3.05, 3.63) is 182 Å². The van der Waals surface area contributed by atoms with E-state index >= 15 is 0 Å². The Hall–Kier alpha value is -7.18. The molecule has 0 spiro atoms. The Morgan fingerprint density at radius 1 is 0.327 bits per heavy atom. The van der Waals surface area contributed by atoms with Crippen molar-refractivity contribution in [1.29, 1.82) is 0 Å². The lowest BCUT2D eigenvalue weighted by atomic mass is 10.0. The number of fused-ring (bicyclic) bond motifs is 3. The Kier molecular flexibility index (Phi) is 7.03. The van der Waals surface area contributed by atoms with Crippen LogP contribution in [-0.4, -0.2) is 29.1 Å². The number of hydrogen-bond donors (Lipinski definition) is 0. The van der Waals surface area contributed by atoms with E-state index in [1.807, 2.05) is 48.5 Å². The van der Waals surface area contributed by atoms with Crippen molar-refractivity contribution >= 4 is 33.0 Å². The molecule has 6 nitrogen and oxygen atoms in total. The maximum Gasteiger partial charge on any atom is 0.160 e. The Morgan fingerprint density at radius 3 is 1.35 bits per heavy atom. The SMILES string of the molecule is c1ccc(-c2nc3cc(-c4nc(-c5ccc6c(c5)nc(-c5ccccc5)n6-c5ccccc5)c5ccccc5n4)ccc3n2-c2ccccc2)cc1. The molecule has 3 aromatic heterocycles. The van der Waals surface area contributed by atoms with E-state index in [9.17, 15) is 0 Å². The highest BCUT2D eigenvalue weighted by Gasteiger charge is 2.19. The van der Waals surface area contributed by atoms with Gasteiger partial charge in [-0.15, -0.1) is 0 Å². The predicted molar refractivity (Wildman–Crippen MR) is 211 cm³/mol. The summed E-state index contributed by atoms with van der Waals surface area (Å²) in [6, 6.07) is 62.4. The van der Waals surface area contributed by atoms with Gasteiger partial charge >= 0.3 is 0 Å². The summed E-state index contributed by atoms with van der Waals surface area (Å²) < 4.78 is 4.44. The molecule has 0 saturated heterocycles. The van der Waals surface area contributed by atoms with Crippen LogP contribution in [-0.2, 0) is 0 Å². The van der Waals surface area contributed by atoms with Gasteiger partial charge in [0.15, 0.2) is 5.82 Å². The number of rotatable bonds is 6. The van der Waals surface area contributed by atoms with Gasteiger partial charge in [0.05, 0.1) is 33.3 Å². The highest BCUT2D eigenvalue weighted by molar-refractivity contribution is 5.97. The van der Waals surface area contributed by atoms with E-state index < -0.39 is 0 Å². The van der Waals surface area contributed by atoms with Crippen molar-refractivity contribution in [2.75, 3.05) is 0 Å². The van der Waals surface area contributed by atoms with E-state index in [2.05, 4.69) is 143 Å². The molecule has 0 aliphatic carbocycles. The number of imidazole rings is 2. The van der Waals surface area contributed by atoms with Gasteiger partial charge in [-0.25, -0.2) is 19.9 Å². The quantitative estimate of drug-likeness (QED) is 0.177. The first-order chi connectivity index (χ1) is 25.8. The molecule has 6 heteroatoms. The molecule has 244 valence electrons. The van der Waals surface area contributed by atoms with Gasteiger partial charge in [-0.1, -0.05) is 121 Å². The topological polar surface area (TPSA) is 61.4 Å². The molecule has 0 saturated carbocycles.